The van der Waals surface area contributed by atoms with Crippen LogP contribution in [0.15, 0.2) is 35.3 Å². The van der Waals surface area contributed by atoms with E-state index in [2.05, 4.69) is 42.1 Å². The predicted molar refractivity (Wildman–Crippen MR) is 116 cm³/mol. The second-order valence-electron chi connectivity index (χ2n) is 8.19. The van der Waals surface area contributed by atoms with Crippen molar-refractivity contribution in [3.63, 3.8) is 0 Å². The Morgan fingerprint density at radius 1 is 1.38 bits per heavy atom. The summed E-state index contributed by atoms with van der Waals surface area (Å²) in [5.41, 5.74) is 6.45. The molecule has 150 valence electrons. The number of nitriles is 1. The van der Waals surface area contributed by atoms with Gasteiger partial charge in [0.2, 0.25) is 5.95 Å². The van der Waals surface area contributed by atoms with Crippen molar-refractivity contribution in [1.29, 1.82) is 5.26 Å². The fourth-order valence-corrected chi connectivity index (χ4v) is 3.50. The van der Waals surface area contributed by atoms with Crippen molar-refractivity contribution >= 4 is 34.1 Å². The zero-order chi connectivity index (χ0) is 21.3. The lowest BCUT2D eigenvalue weighted by atomic mass is 9.95. The molecule has 0 bridgehead atoms. The molecule has 29 heavy (non-hydrogen) atoms. The van der Waals surface area contributed by atoms with E-state index in [0.717, 1.165) is 11.1 Å². The minimum Gasteiger partial charge on any atom is -0.368 e. The Hall–Kier alpha value is -3.11. The molecule has 3 N–H and O–H groups in total. The molecule has 0 spiro atoms. The molecular weight excluding hydrogens is 388 g/mol. The molecule has 0 aliphatic carbocycles. The summed E-state index contributed by atoms with van der Waals surface area (Å²) in [4.78, 5) is 21.3. The molecule has 3 rings (SSSR count). The van der Waals surface area contributed by atoms with Crippen LogP contribution in [0.3, 0.4) is 0 Å². The van der Waals surface area contributed by atoms with Crippen LogP contribution in [0.4, 0.5) is 11.8 Å². The van der Waals surface area contributed by atoms with Gasteiger partial charge in [-0.2, -0.15) is 10.2 Å². The number of benzene rings is 1. The van der Waals surface area contributed by atoms with Crippen LogP contribution >= 0.6 is 11.6 Å². The zero-order valence-corrected chi connectivity index (χ0v) is 17.6. The molecule has 2 heterocycles. The van der Waals surface area contributed by atoms with Gasteiger partial charge in [0.1, 0.15) is 17.5 Å². The maximum atomic E-state index is 13.3. The maximum Gasteiger partial charge on any atom is 0.260 e. The molecule has 0 amide bonds. The van der Waals surface area contributed by atoms with E-state index in [4.69, 9.17) is 17.3 Å². The van der Waals surface area contributed by atoms with Crippen LogP contribution < -0.4 is 16.6 Å². The summed E-state index contributed by atoms with van der Waals surface area (Å²) in [7, 11) is 0. The van der Waals surface area contributed by atoms with E-state index >= 15 is 0 Å². The van der Waals surface area contributed by atoms with E-state index in [9.17, 15) is 10.1 Å². The molecule has 0 saturated heterocycles. The lowest BCUT2D eigenvalue weighted by Crippen LogP contribution is -2.31. The molecule has 0 saturated carbocycles. The largest absolute Gasteiger partial charge is 0.368 e. The minimum absolute atomic E-state index is 0.0658. The number of nitrogen functional groups attached to an aromatic ring is 1. The van der Waals surface area contributed by atoms with Crippen LogP contribution in [0.1, 0.15) is 45.0 Å². The Balaban J connectivity index is 2.17. The molecule has 0 fully saturated rings. The van der Waals surface area contributed by atoms with Gasteiger partial charge in [-0.15, -0.1) is 0 Å². The third-order valence-electron chi connectivity index (χ3n) is 4.48. The van der Waals surface area contributed by atoms with Crippen LogP contribution in [-0.4, -0.2) is 14.5 Å². The highest BCUT2D eigenvalue weighted by atomic mass is 35.5. The van der Waals surface area contributed by atoms with Gasteiger partial charge in [-0.3, -0.25) is 4.79 Å². The summed E-state index contributed by atoms with van der Waals surface area (Å²) >= 11 is 6.33. The minimum atomic E-state index is -0.324. The number of nitrogens with zero attached hydrogens (tertiary/aromatic N) is 4. The van der Waals surface area contributed by atoms with E-state index < -0.39 is 0 Å². The monoisotopic (exact) mass is 410 g/mol. The second kappa shape index (κ2) is 7.72. The van der Waals surface area contributed by atoms with E-state index in [-0.39, 0.29) is 28.5 Å². The maximum absolute atomic E-state index is 13.3. The first-order valence-corrected chi connectivity index (χ1v) is 9.59. The molecule has 1 atom stereocenters. The number of nitrogens with one attached hydrogen (secondary N) is 1. The third-order valence-corrected chi connectivity index (χ3v) is 4.79. The van der Waals surface area contributed by atoms with Crippen molar-refractivity contribution in [1.82, 2.24) is 14.5 Å². The third kappa shape index (κ3) is 4.33. The number of aromatic nitrogens is 3. The zero-order valence-electron chi connectivity index (χ0n) is 16.8. The summed E-state index contributed by atoms with van der Waals surface area (Å²) in [6.45, 7) is 8.61. The standard InChI is InChI=1S/C21H23ClN6O/c1-12(26-18-14(9-23)10-25-20(24)27-18)16-8-13-6-5-7-15(22)17(13)19(29)28(16)11-21(2,3)4/h5-8,10,12H,11H2,1-4H3,(H3,24,25,26,27). The summed E-state index contributed by atoms with van der Waals surface area (Å²) in [6.07, 6.45) is 1.37. The Bertz CT molecular complexity index is 1170. The Morgan fingerprint density at radius 2 is 2.10 bits per heavy atom. The number of hydrogen-bond acceptors (Lipinski definition) is 6. The number of hydrogen-bond donors (Lipinski definition) is 2. The molecule has 8 heteroatoms. The molecule has 3 aromatic rings. The van der Waals surface area contributed by atoms with E-state index in [0.29, 0.717) is 22.8 Å². The molecule has 0 aliphatic rings. The van der Waals surface area contributed by atoms with Gasteiger partial charge in [-0.25, -0.2) is 4.98 Å². The van der Waals surface area contributed by atoms with Gasteiger partial charge in [0.15, 0.2) is 0 Å². The highest BCUT2D eigenvalue weighted by Gasteiger charge is 2.21. The number of rotatable bonds is 4. The second-order valence-corrected chi connectivity index (χ2v) is 8.60. The first-order valence-electron chi connectivity index (χ1n) is 9.22. The summed E-state index contributed by atoms with van der Waals surface area (Å²) in [5, 5.41) is 14.2. The van der Waals surface area contributed by atoms with Gasteiger partial charge in [-0.05, 0) is 29.9 Å². The van der Waals surface area contributed by atoms with Gasteiger partial charge in [-0.1, -0.05) is 44.5 Å². The number of halogens is 1. The van der Waals surface area contributed by atoms with Gasteiger partial charge >= 0.3 is 0 Å². The van der Waals surface area contributed by atoms with Crippen LogP contribution in [0.2, 0.25) is 5.02 Å². The van der Waals surface area contributed by atoms with Crippen molar-refractivity contribution < 1.29 is 0 Å². The van der Waals surface area contributed by atoms with Crippen molar-refractivity contribution in [3.05, 3.63) is 57.1 Å². The average molecular weight is 411 g/mol. The fourth-order valence-electron chi connectivity index (χ4n) is 3.24. The first kappa shape index (κ1) is 20.6. The van der Waals surface area contributed by atoms with Gasteiger partial charge < -0.3 is 15.6 Å². The summed E-state index contributed by atoms with van der Waals surface area (Å²) < 4.78 is 1.74. The van der Waals surface area contributed by atoms with Gasteiger partial charge in [0, 0.05) is 12.2 Å². The van der Waals surface area contributed by atoms with Crippen molar-refractivity contribution in [3.8, 4) is 6.07 Å². The topological polar surface area (TPSA) is 110 Å². The number of anilines is 2. The highest BCUT2D eigenvalue weighted by Crippen LogP contribution is 2.27. The van der Waals surface area contributed by atoms with Crippen LogP contribution in [0.25, 0.3) is 10.8 Å². The van der Waals surface area contributed by atoms with E-state index in [1.165, 1.54) is 6.20 Å². The quantitative estimate of drug-likeness (QED) is 0.669. The van der Waals surface area contributed by atoms with E-state index in [1.807, 2.05) is 25.1 Å². The number of fused-ring (bicyclic) bond motifs is 1. The van der Waals surface area contributed by atoms with Crippen LogP contribution in [0.5, 0.6) is 0 Å². The summed E-state index contributed by atoms with van der Waals surface area (Å²) in [5.74, 6) is 0.393. The molecule has 7 nitrogen and oxygen atoms in total. The van der Waals surface area contributed by atoms with Crippen molar-refractivity contribution in [2.45, 2.75) is 40.3 Å². The Labute approximate surface area is 174 Å². The number of nitrogens with two attached hydrogens (primary N) is 1. The van der Waals surface area contributed by atoms with Crippen LogP contribution in [0, 0.1) is 16.7 Å². The van der Waals surface area contributed by atoms with Crippen molar-refractivity contribution in [2.75, 3.05) is 11.1 Å². The lowest BCUT2D eigenvalue weighted by Gasteiger charge is -2.26. The van der Waals surface area contributed by atoms with Crippen molar-refractivity contribution in [2.24, 2.45) is 5.41 Å². The Morgan fingerprint density at radius 3 is 2.76 bits per heavy atom. The lowest BCUT2D eigenvalue weighted by molar-refractivity contribution is 0.332. The predicted octanol–water partition coefficient (Wildman–Crippen LogP) is 4.12. The van der Waals surface area contributed by atoms with Crippen LogP contribution in [-0.2, 0) is 6.54 Å². The SMILES string of the molecule is CC(Nc1nc(N)ncc1C#N)c1cc2cccc(Cl)c2c(=O)n1CC(C)(C)C. The average Bonchev–Trinajstić information content (AvgIpc) is 2.63. The molecule has 1 unspecified atom stereocenters. The molecule has 0 radical (unpaired) electrons. The fraction of sp³-hybridized carbons (Fsp3) is 0.333. The molecular formula is C21H23ClN6O. The van der Waals surface area contributed by atoms with Gasteiger partial charge in [0.05, 0.1) is 22.6 Å². The summed E-state index contributed by atoms with van der Waals surface area (Å²) in [6, 6.07) is 9.08. The first-order chi connectivity index (χ1) is 13.6. The normalized spacial score (nSPS) is 12.6. The highest BCUT2D eigenvalue weighted by molar-refractivity contribution is 6.35. The Kier molecular flexibility index (Phi) is 5.49. The molecule has 1 aromatic carbocycles. The molecule has 0 aliphatic heterocycles. The molecule has 2 aromatic heterocycles. The number of pyridine rings is 1. The van der Waals surface area contributed by atoms with Gasteiger partial charge in [0.25, 0.3) is 5.56 Å². The van der Waals surface area contributed by atoms with E-state index in [1.54, 1.807) is 10.6 Å². The smallest absolute Gasteiger partial charge is 0.260 e.